The molecule has 0 aliphatic rings. The van der Waals surface area contributed by atoms with Gasteiger partial charge in [-0.2, -0.15) is 0 Å². The Labute approximate surface area is 119 Å². The fourth-order valence-electron chi connectivity index (χ4n) is 1.50. The summed E-state index contributed by atoms with van der Waals surface area (Å²) in [5.74, 6) is 0. The van der Waals surface area contributed by atoms with Gasteiger partial charge in [0.25, 0.3) is 0 Å². The predicted octanol–water partition coefficient (Wildman–Crippen LogP) is 5.03. The van der Waals surface area contributed by atoms with Crippen molar-refractivity contribution >= 4 is 12.6 Å². The highest BCUT2D eigenvalue weighted by Gasteiger charge is 1.83. The van der Waals surface area contributed by atoms with E-state index in [2.05, 4.69) is 13.8 Å². The smallest absolute Gasteiger partial charge is 0.142 e. The zero-order valence-corrected chi connectivity index (χ0v) is 12.6. The topological polar surface area (TPSA) is 34.1 Å². The van der Waals surface area contributed by atoms with Crippen molar-refractivity contribution in [1.29, 1.82) is 0 Å². The van der Waals surface area contributed by atoms with Crippen molar-refractivity contribution in [1.82, 2.24) is 0 Å². The Morgan fingerprint density at radius 1 is 0.632 bits per heavy atom. The first-order valence-corrected chi connectivity index (χ1v) is 7.54. The third kappa shape index (κ3) is 26.4. The van der Waals surface area contributed by atoms with E-state index in [0.717, 1.165) is 25.4 Å². The highest BCUT2D eigenvalue weighted by molar-refractivity contribution is 5.64. The summed E-state index contributed by atoms with van der Waals surface area (Å²) in [7, 11) is 0. The highest BCUT2D eigenvalue weighted by atomic mass is 16.1. The summed E-state index contributed by atoms with van der Waals surface area (Å²) < 4.78 is 0. The number of unbranched alkanes of at least 4 members (excludes halogenated alkanes) is 7. The quantitative estimate of drug-likeness (QED) is 0.298. The summed E-state index contributed by atoms with van der Waals surface area (Å²) in [6.45, 7) is 4.37. The summed E-state index contributed by atoms with van der Waals surface area (Å²) in [6, 6.07) is 0. The molecule has 2 nitrogen and oxygen atoms in total. The third-order valence-corrected chi connectivity index (χ3v) is 2.63. The van der Waals surface area contributed by atoms with E-state index in [1.54, 1.807) is 12.2 Å². The zero-order chi connectivity index (χ0) is 14.6. The summed E-state index contributed by atoms with van der Waals surface area (Å²) in [4.78, 5) is 19.6. The minimum absolute atomic E-state index is 0.825. The molecule has 0 unspecified atom stereocenters. The first-order valence-electron chi connectivity index (χ1n) is 7.54. The number of hydrogen-bond donors (Lipinski definition) is 0. The minimum Gasteiger partial charge on any atom is -0.299 e. The Morgan fingerprint density at radius 3 is 1.47 bits per heavy atom. The lowest BCUT2D eigenvalue weighted by Gasteiger charge is -1.92. The molecule has 19 heavy (non-hydrogen) atoms. The maximum Gasteiger partial charge on any atom is 0.142 e. The molecule has 0 spiro atoms. The molecule has 0 atom stereocenters. The molecule has 0 saturated heterocycles. The third-order valence-electron chi connectivity index (χ3n) is 2.63. The summed E-state index contributed by atoms with van der Waals surface area (Å²) in [6.07, 6.45) is 19.6. The number of rotatable bonds is 11. The van der Waals surface area contributed by atoms with Crippen LogP contribution in [0.15, 0.2) is 24.3 Å². The molecule has 2 heteroatoms. The van der Waals surface area contributed by atoms with E-state index in [1.807, 2.05) is 12.2 Å². The SMILES string of the molecule is CCCCCC=CC=O.CCCCCCC=CC=O. The Hall–Kier alpha value is -1.18. The average Bonchev–Trinajstić information content (AvgIpc) is 2.43. The molecular formula is C17H30O2. The van der Waals surface area contributed by atoms with Crippen LogP contribution in [0, 0.1) is 0 Å². The molecule has 0 aliphatic heterocycles. The largest absolute Gasteiger partial charge is 0.299 e. The second-order valence-corrected chi connectivity index (χ2v) is 4.47. The van der Waals surface area contributed by atoms with Gasteiger partial charge in [0.05, 0.1) is 0 Å². The van der Waals surface area contributed by atoms with Gasteiger partial charge in [-0.1, -0.05) is 58.1 Å². The van der Waals surface area contributed by atoms with Gasteiger partial charge in [-0.05, 0) is 37.8 Å². The van der Waals surface area contributed by atoms with Crippen LogP contribution in [0.25, 0.3) is 0 Å². The number of carbonyl (C=O) groups excluding carboxylic acids is 2. The van der Waals surface area contributed by atoms with Crippen LogP contribution in [0.2, 0.25) is 0 Å². The van der Waals surface area contributed by atoms with Gasteiger partial charge in [-0.15, -0.1) is 0 Å². The molecule has 0 N–H and O–H groups in total. The maximum absolute atomic E-state index is 9.81. The number of allylic oxidation sites excluding steroid dienone is 4. The molecule has 0 fully saturated rings. The normalized spacial score (nSPS) is 10.4. The Morgan fingerprint density at radius 2 is 1.05 bits per heavy atom. The summed E-state index contributed by atoms with van der Waals surface area (Å²) in [5, 5.41) is 0. The first kappa shape index (κ1) is 20.1. The van der Waals surface area contributed by atoms with Crippen molar-refractivity contribution in [3.05, 3.63) is 24.3 Å². The fourth-order valence-corrected chi connectivity index (χ4v) is 1.50. The van der Waals surface area contributed by atoms with Crippen LogP contribution >= 0.6 is 0 Å². The molecule has 0 rings (SSSR count). The van der Waals surface area contributed by atoms with Crippen molar-refractivity contribution in [2.45, 2.75) is 71.6 Å². The number of hydrogen-bond acceptors (Lipinski definition) is 2. The molecule has 0 radical (unpaired) electrons. The van der Waals surface area contributed by atoms with E-state index in [0.29, 0.717) is 0 Å². The second kappa shape index (κ2) is 22.0. The molecule has 0 bridgehead atoms. The van der Waals surface area contributed by atoms with E-state index in [9.17, 15) is 9.59 Å². The number of carbonyl (C=O) groups is 2. The standard InChI is InChI=1S/C9H16O.C8H14O/c1-2-3-4-5-6-7-8-9-10;1-2-3-4-5-6-7-8-9/h7-9H,2-6H2,1H3;6-8H,2-5H2,1H3. The summed E-state index contributed by atoms with van der Waals surface area (Å²) >= 11 is 0. The second-order valence-electron chi connectivity index (χ2n) is 4.47. The maximum atomic E-state index is 9.81. The van der Waals surface area contributed by atoms with E-state index in [1.165, 1.54) is 44.9 Å². The van der Waals surface area contributed by atoms with Gasteiger partial charge in [0, 0.05) is 0 Å². The molecule has 0 saturated carbocycles. The molecule has 0 aromatic heterocycles. The van der Waals surface area contributed by atoms with Crippen molar-refractivity contribution < 1.29 is 9.59 Å². The van der Waals surface area contributed by atoms with Crippen LogP contribution in [-0.2, 0) is 9.59 Å². The van der Waals surface area contributed by atoms with E-state index in [-0.39, 0.29) is 0 Å². The van der Waals surface area contributed by atoms with Gasteiger partial charge in [0.1, 0.15) is 12.6 Å². The van der Waals surface area contributed by atoms with Crippen LogP contribution in [0.4, 0.5) is 0 Å². The minimum atomic E-state index is 0.825. The summed E-state index contributed by atoms with van der Waals surface area (Å²) in [5.41, 5.74) is 0. The monoisotopic (exact) mass is 266 g/mol. The molecule has 0 aliphatic carbocycles. The van der Waals surface area contributed by atoms with Gasteiger partial charge in [-0.3, -0.25) is 9.59 Å². The van der Waals surface area contributed by atoms with Gasteiger partial charge < -0.3 is 0 Å². The van der Waals surface area contributed by atoms with Crippen molar-refractivity contribution in [2.75, 3.05) is 0 Å². The van der Waals surface area contributed by atoms with Crippen LogP contribution < -0.4 is 0 Å². The first-order chi connectivity index (χ1) is 9.33. The fraction of sp³-hybridized carbons (Fsp3) is 0.647. The lowest BCUT2D eigenvalue weighted by atomic mass is 10.1. The van der Waals surface area contributed by atoms with Crippen LogP contribution in [-0.4, -0.2) is 12.6 Å². The Bertz CT molecular complexity index is 229. The predicted molar refractivity (Wildman–Crippen MR) is 83.3 cm³/mol. The van der Waals surface area contributed by atoms with Crippen LogP contribution in [0.1, 0.15) is 71.6 Å². The zero-order valence-electron chi connectivity index (χ0n) is 12.6. The highest BCUT2D eigenvalue weighted by Crippen LogP contribution is 2.02. The van der Waals surface area contributed by atoms with E-state index >= 15 is 0 Å². The van der Waals surface area contributed by atoms with Crippen molar-refractivity contribution in [3.8, 4) is 0 Å². The van der Waals surface area contributed by atoms with Gasteiger partial charge >= 0.3 is 0 Å². The van der Waals surface area contributed by atoms with Crippen LogP contribution in [0.5, 0.6) is 0 Å². The Balaban J connectivity index is 0. The van der Waals surface area contributed by atoms with Crippen molar-refractivity contribution in [2.24, 2.45) is 0 Å². The van der Waals surface area contributed by atoms with Gasteiger partial charge in [-0.25, -0.2) is 0 Å². The molecule has 110 valence electrons. The lowest BCUT2D eigenvalue weighted by Crippen LogP contribution is -1.73. The molecular weight excluding hydrogens is 236 g/mol. The Kier molecular flexibility index (Phi) is 23.4. The van der Waals surface area contributed by atoms with Crippen LogP contribution in [0.3, 0.4) is 0 Å². The van der Waals surface area contributed by atoms with Gasteiger partial charge in [0.15, 0.2) is 0 Å². The molecule has 0 amide bonds. The van der Waals surface area contributed by atoms with E-state index < -0.39 is 0 Å². The molecule has 0 aromatic rings. The van der Waals surface area contributed by atoms with E-state index in [4.69, 9.17) is 0 Å². The number of aldehydes is 2. The average molecular weight is 266 g/mol. The lowest BCUT2D eigenvalue weighted by molar-refractivity contribution is -0.104. The molecule has 0 aromatic carbocycles. The molecule has 0 heterocycles. The van der Waals surface area contributed by atoms with Crippen molar-refractivity contribution in [3.63, 3.8) is 0 Å². The van der Waals surface area contributed by atoms with Gasteiger partial charge in [0.2, 0.25) is 0 Å².